The highest BCUT2D eigenvalue weighted by molar-refractivity contribution is 7.92. The van der Waals surface area contributed by atoms with Crippen LogP contribution in [0.1, 0.15) is 22.3 Å². The Morgan fingerprint density at radius 3 is 2.42 bits per heavy atom. The lowest BCUT2D eigenvalue weighted by molar-refractivity contribution is -0.113. The van der Waals surface area contributed by atoms with Gasteiger partial charge in [0, 0.05) is 18.3 Å². The predicted molar refractivity (Wildman–Crippen MR) is 102 cm³/mol. The van der Waals surface area contributed by atoms with Gasteiger partial charge in [0.25, 0.3) is 5.91 Å². The fourth-order valence-electron chi connectivity index (χ4n) is 2.49. The van der Waals surface area contributed by atoms with E-state index in [4.69, 9.17) is 0 Å². The van der Waals surface area contributed by atoms with E-state index in [0.717, 1.165) is 5.56 Å². The van der Waals surface area contributed by atoms with Crippen molar-refractivity contribution >= 4 is 27.3 Å². The minimum absolute atomic E-state index is 0.0480. The van der Waals surface area contributed by atoms with E-state index in [1.807, 2.05) is 30.3 Å². The molecule has 0 aromatic heterocycles. The van der Waals surface area contributed by atoms with E-state index in [1.54, 1.807) is 18.2 Å². The first-order valence-electron chi connectivity index (χ1n) is 8.26. The lowest BCUT2D eigenvalue weighted by Crippen LogP contribution is -2.25. The third-order valence-electron chi connectivity index (χ3n) is 3.75. The van der Waals surface area contributed by atoms with Crippen LogP contribution in [0.4, 0.5) is 5.69 Å². The Balaban J connectivity index is 1.87. The van der Waals surface area contributed by atoms with Gasteiger partial charge in [0.15, 0.2) is 9.84 Å². The molecule has 2 aromatic carbocycles. The molecule has 2 N–H and O–H groups in total. The van der Waals surface area contributed by atoms with Gasteiger partial charge in [-0.15, -0.1) is 0 Å². The highest BCUT2D eigenvalue weighted by Crippen LogP contribution is 2.11. The number of hydrogen-bond donors (Lipinski definition) is 2. The second-order valence-corrected chi connectivity index (χ2v) is 8.07. The molecule has 0 heterocycles. The van der Waals surface area contributed by atoms with Crippen LogP contribution < -0.4 is 10.6 Å². The number of hydrogen-bond acceptors (Lipinski definition) is 4. The third-order valence-corrected chi connectivity index (χ3v) is 5.36. The van der Waals surface area contributed by atoms with E-state index >= 15 is 0 Å². The van der Waals surface area contributed by atoms with E-state index < -0.39 is 21.5 Å². The maximum Gasteiger partial charge on any atom is 0.251 e. The van der Waals surface area contributed by atoms with Crippen molar-refractivity contribution in [1.29, 1.82) is 0 Å². The monoisotopic (exact) mass is 374 g/mol. The fraction of sp³-hybridized carbons (Fsp3) is 0.263. The molecule has 0 unspecified atom stereocenters. The lowest BCUT2D eigenvalue weighted by Gasteiger charge is -2.08. The van der Waals surface area contributed by atoms with Gasteiger partial charge in [0.05, 0.1) is 5.75 Å². The van der Waals surface area contributed by atoms with Crippen LogP contribution in [0, 0.1) is 0 Å². The third kappa shape index (κ3) is 6.33. The van der Waals surface area contributed by atoms with Gasteiger partial charge in [0.1, 0.15) is 5.75 Å². The number of carbonyl (C=O) groups is 2. The van der Waals surface area contributed by atoms with Crippen molar-refractivity contribution in [2.75, 3.05) is 23.9 Å². The molecular formula is C19H22N2O4S. The largest absolute Gasteiger partial charge is 0.355 e. The summed E-state index contributed by atoms with van der Waals surface area (Å²) in [6.07, 6.45) is 1.11. The summed E-state index contributed by atoms with van der Waals surface area (Å²) in [5.74, 6) is -1.52. The average Bonchev–Trinajstić information content (AvgIpc) is 2.61. The molecule has 0 spiro atoms. The molecule has 0 aliphatic carbocycles. The van der Waals surface area contributed by atoms with Crippen LogP contribution in [0.25, 0.3) is 0 Å². The molecular weight excluding hydrogens is 352 g/mol. The number of carbonyl (C=O) groups excluding carboxylic acids is 2. The Labute approximate surface area is 153 Å². The molecule has 6 nitrogen and oxygen atoms in total. The first-order chi connectivity index (χ1) is 12.4. The number of aryl methyl sites for hydroxylation is 1. The van der Waals surface area contributed by atoms with E-state index in [2.05, 4.69) is 10.6 Å². The van der Waals surface area contributed by atoms with Crippen LogP contribution in [0.3, 0.4) is 0 Å². The van der Waals surface area contributed by atoms with E-state index in [9.17, 15) is 18.0 Å². The Morgan fingerprint density at radius 2 is 1.73 bits per heavy atom. The van der Waals surface area contributed by atoms with Crippen molar-refractivity contribution in [2.24, 2.45) is 0 Å². The van der Waals surface area contributed by atoms with Crippen LogP contribution in [-0.2, 0) is 21.1 Å². The van der Waals surface area contributed by atoms with Crippen LogP contribution in [-0.4, -0.2) is 38.8 Å². The number of rotatable bonds is 8. The second-order valence-electron chi connectivity index (χ2n) is 5.89. The molecule has 0 saturated carbocycles. The summed E-state index contributed by atoms with van der Waals surface area (Å²) in [7, 11) is -1.98. The first-order valence-corrected chi connectivity index (χ1v) is 10.1. The Kier molecular flexibility index (Phi) is 6.91. The van der Waals surface area contributed by atoms with Gasteiger partial charge < -0.3 is 10.6 Å². The zero-order chi connectivity index (χ0) is 19.0. The molecule has 2 amide bonds. The first kappa shape index (κ1) is 19.7. The van der Waals surface area contributed by atoms with Crippen LogP contribution >= 0.6 is 0 Å². The van der Waals surface area contributed by atoms with Crippen LogP contribution in [0.2, 0.25) is 0 Å². The van der Waals surface area contributed by atoms with Crippen molar-refractivity contribution < 1.29 is 18.0 Å². The highest BCUT2D eigenvalue weighted by Gasteiger charge is 2.17. The number of amides is 2. The molecule has 0 saturated heterocycles. The van der Waals surface area contributed by atoms with E-state index in [0.29, 0.717) is 24.1 Å². The molecule has 138 valence electrons. The smallest absolute Gasteiger partial charge is 0.251 e. The van der Waals surface area contributed by atoms with E-state index in [-0.39, 0.29) is 11.7 Å². The number of nitrogens with one attached hydrogen (secondary N) is 2. The molecule has 0 fully saturated rings. The van der Waals surface area contributed by atoms with Gasteiger partial charge >= 0.3 is 0 Å². The summed E-state index contributed by atoms with van der Waals surface area (Å²) >= 11 is 0. The van der Waals surface area contributed by atoms with Crippen LogP contribution in [0.15, 0.2) is 54.6 Å². The Hall–Kier alpha value is -2.67. The predicted octanol–water partition coefficient (Wildman–Crippen LogP) is 2.03. The molecule has 7 heteroatoms. The molecule has 2 aromatic rings. The number of benzene rings is 2. The minimum Gasteiger partial charge on any atom is -0.355 e. The summed E-state index contributed by atoms with van der Waals surface area (Å²) in [6, 6.07) is 15.9. The lowest BCUT2D eigenvalue weighted by atomic mass is 10.1. The normalized spacial score (nSPS) is 11.0. The maximum atomic E-state index is 12.1. The van der Waals surface area contributed by atoms with Gasteiger partial charge in [0.2, 0.25) is 5.91 Å². The van der Waals surface area contributed by atoms with Crippen molar-refractivity contribution in [3.63, 3.8) is 0 Å². The highest BCUT2D eigenvalue weighted by atomic mass is 32.2. The van der Waals surface area contributed by atoms with Crippen molar-refractivity contribution in [1.82, 2.24) is 5.32 Å². The molecule has 2 rings (SSSR count). The molecule has 0 aliphatic heterocycles. The maximum absolute atomic E-state index is 12.1. The van der Waals surface area contributed by atoms with Gasteiger partial charge in [-0.2, -0.15) is 0 Å². The van der Waals surface area contributed by atoms with E-state index in [1.165, 1.54) is 13.1 Å². The van der Waals surface area contributed by atoms with Crippen LogP contribution in [0.5, 0.6) is 0 Å². The summed E-state index contributed by atoms with van der Waals surface area (Å²) in [5.41, 5.74) is 1.84. The zero-order valence-electron chi connectivity index (χ0n) is 14.6. The fourth-order valence-corrected chi connectivity index (χ4v) is 3.69. The number of sulfone groups is 1. The van der Waals surface area contributed by atoms with Gasteiger partial charge in [-0.1, -0.05) is 36.4 Å². The summed E-state index contributed by atoms with van der Waals surface area (Å²) in [6.45, 7) is 0. The molecule has 0 bridgehead atoms. The Morgan fingerprint density at radius 1 is 1.00 bits per heavy atom. The second kappa shape index (κ2) is 9.15. The Bertz CT molecular complexity index is 864. The molecule has 0 aliphatic rings. The van der Waals surface area contributed by atoms with Gasteiger partial charge in [-0.25, -0.2) is 8.42 Å². The molecule has 0 atom stereocenters. The van der Waals surface area contributed by atoms with Gasteiger partial charge in [-0.3, -0.25) is 9.59 Å². The quantitative estimate of drug-likeness (QED) is 0.739. The summed E-state index contributed by atoms with van der Waals surface area (Å²) in [4.78, 5) is 23.6. The number of anilines is 1. The van der Waals surface area contributed by atoms with Crippen molar-refractivity contribution in [3.05, 3.63) is 65.7 Å². The van der Waals surface area contributed by atoms with Crippen molar-refractivity contribution in [2.45, 2.75) is 12.8 Å². The topological polar surface area (TPSA) is 92.3 Å². The minimum atomic E-state index is -3.49. The summed E-state index contributed by atoms with van der Waals surface area (Å²) in [5, 5.41) is 5.02. The SMILES string of the molecule is CNC(=O)c1cccc(NC(=O)CS(=O)(=O)CCCc2ccccc2)c1. The molecule has 26 heavy (non-hydrogen) atoms. The van der Waals surface area contributed by atoms with Crippen molar-refractivity contribution in [3.8, 4) is 0 Å². The van der Waals surface area contributed by atoms with Gasteiger partial charge in [-0.05, 0) is 36.6 Å². The summed E-state index contributed by atoms with van der Waals surface area (Å²) < 4.78 is 24.2. The average molecular weight is 374 g/mol. The standard InChI is InChI=1S/C19H22N2O4S/c1-20-19(23)16-10-5-11-17(13-16)21-18(22)14-26(24,25)12-6-9-15-7-3-2-4-8-15/h2-5,7-8,10-11,13H,6,9,12,14H2,1H3,(H,20,23)(H,21,22). The zero-order valence-corrected chi connectivity index (χ0v) is 15.4. The molecule has 0 radical (unpaired) electrons.